The molecule has 1 aliphatic carbocycles. The van der Waals surface area contributed by atoms with Gasteiger partial charge in [0.1, 0.15) is 0 Å². The van der Waals surface area contributed by atoms with Gasteiger partial charge in [0, 0.05) is 38.9 Å². The number of hydrogen-bond donors (Lipinski definition) is 1. The van der Waals surface area contributed by atoms with E-state index < -0.39 is 0 Å². The summed E-state index contributed by atoms with van der Waals surface area (Å²) in [7, 11) is 1.60. The van der Waals surface area contributed by atoms with E-state index in [9.17, 15) is 4.79 Å². The zero-order chi connectivity index (χ0) is 12.3. The number of rotatable bonds is 2. The second-order valence-electron chi connectivity index (χ2n) is 4.17. The first-order valence-corrected chi connectivity index (χ1v) is 6.23. The van der Waals surface area contributed by atoms with Crippen molar-refractivity contribution in [2.45, 2.75) is 11.5 Å². The number of methoxy groups -OCH3 is 1. The third-order valence-electron chi connectivity index (χ3n) is 3.04. The summed E-state index contributed by atoms with van der Waals surface area (Å²) < 4.78 is 5.23. The summed E-state index contributed by atoms with van der Waals surface area (Å²) in [5, 5.41) is 3.03. The van der Waals surface area contributed by atoms with Crippen molar-refractivity contribution >= 4 is 17.5 Å². The minimum Gasteiger partial charge on any atom is -0.375 e. The molecule has 2 rings (SSSR count). The molecule has 0 spiro atoms. The zero-order valence-corrected chi connectivity index (χ0v) is 10.6. The summed E-state index contributed by atoms with van der Waals surface area (Å²) in [6, 6.07) is 0. The molecular weight excluding hydrogens is 240 g/mol. The van der Waals surface area contributed by atoms with Crippen molar-refractivity contribution in [1.82, 2.24) is 10.2 Å². The summed E-state index contributed by atoms with van der Waals surface area (Å²) >= 11 is 6.05. The van der Waals surface area contributed by atoms with E-state index in [1.54, 1.807) is 13.2 Å². The average Bonchev–Trinajstić information content (AvgIpc) is 2.39. The Morgan fingerprint density at radius 1 is 1.53 bits per heavy atom. The SMILES string of the molecule is COC1C=C(C(=O)N2CCNCC2)C=CC1Cl. The summed E-state index contributed by atoms with van der Waals surface area (Å²) in [4.78, 5) is 14.1. The number of carbonyl (C=O) groups excluding carboxylic acids is 1. The van der Waals surface area contributed by atoms with E-state index in [2.05, 4.69) is 5.32 Å². The fourth-order valence-corrected chi connectivity index (χ4v) is 2.27. The van der Waals surface area contributed by atoms with Crippen LogP contribution in [0.3, 0.4) is 0 Å². The molecule has 4 nitrogen and oxygen atoms in total. The van der Waals surface area contributed by atoms with Crippen molar-refractivity contribution in [2.24, 2.45) is 0 Å². The molecule has 2 unspecified atom stereocenters. The van der Waals surface area contributed by atoms with Crippen molar-refractivity contribution in [3.05, 3.63) is 23.8 Å². The monoisotopic (exact) mass is 256 g/mol. The molecule has 2 aliphatic rings. The van der Waals surface area contributed by atoms with Crippen LogP contribution in [-0.4, -0.2) is 55.6 Å². The molecule has 0 aromatic rings. The van der Waals surface area contributed by atoms with Crippen molar-refractivity contribution in [2.75, 3.05) is 33.3 Å². The van der Waals surface area contributed by atoms with Gasteiger partial charge in [0.2, 0.25) is 0 Å². The summed E-state index contributed by atoms with van der Waals surface area (Å²) in [6.45, 7) is 3.22. The molecular formula is C12H17ClN2O2. The highest BCUT2D eigenvalue weighted by molar-refractivity contribution is 6.22. The quantitative estimate of drug-likeness (QED) is 0.734. The highest BCUT2D eigenvalue weighted by Gasteiger charge is 2.24. The zero-order valence-electron chi connectivity index (χ0n) is 9.86. The van der Waals surface area contributed by atoms with Gasteiger partial charge < -0.3 is 15.0 Å². The molecule has 0 bridgehead atoms. The first-order chi connectivity index (χ1) is 8.22. The van der Waals surface area contributed by atoms with E-state index in [1.165, 1.54) is 0 Å². The van der Waals surface area contributed by atoms with Gasteiger partial charge in [-0.05, 0) is 6.08 Å². The lowest BCUT2D eigenvalue weighted by Crippen LogP contribution is -2.47. The van der Waals surface area contributed by atoms with E-state index in [1.807, 2.05) is 17.1 Å². The molecule has 1 heterocycles. The van der Waals surface area contributed by atoms with Crippen molar-refractivity contribution < 1.29 is 9.53 Å². The van der Waals surface area contributed by atoms with E-state index in [0.717, 1.165) is 26.2 Å². The Morgan fingerprint density at radius 2 is 2.24 bits per heavy atom. The minimum atomic E-state index is -0.219. The molecule has 1 amide bonds. The second-order valence-corrected chi connectivity index (χ2v) is 4.67. The van der Waals surface area contributed by atoms with E-state index in [0.29, 0.717) is 5.57 Å². The molecule has 2 atom stereocenters. The minimum absolute atomic E-state index is 0.0633. The van der Waals surface area contributed by atoms with Crippen LogP contribution in [0.4, 0.5) is 0 Å². The van der Waals surface area contributed by atoms with Gasteiger partial charge in [-0.3, -0.25) is 4.79 Å². The van der Waals surface area contributed by atoms with Gasteiger partial charge in [-0.25, -0.2) is 0 Å². The molecule has 1 aliphatic heterocycles. The lowest BCUT2D eigenvalue weighted by molar-refractivity contribution is -0.127. The van der Waals surface area contributed by atoms with E-state index in [4.69, 9.17) is 16.3 Å². The fourth-order valence-electron chi connectivity index (χ4n) is 2.02. The van der Waals surface area contributed by atoms with Gasteiger partial charge in [-0.1, -0.05) is 12.2 Å². The van der Waals surface area contributed by atoms with Gasteiger partial charge in [-0.15, -0.1) is 11.6 Å². The highest BCUT2D eigenvalue weighted by atomic mass is 35.5. The number of nitrogens with one attached hydrogen (secondary N) is 1. The Hall–Kier alpha value is -0.840. The molecule has 1 saturated heterocycles. The number of hydrogen-bond acceptors (Lipinski definition) is 3. The standard InChI is InChI=1S/C12H17ClN2O2/c1-17-11-8-9(2-3-10(11)13)12(16)15-6-4-14-5-7-15/h2-3,8,10-11,14H,4-7H2,1H3. The number of piperazine rings is 1. The predicted molar refractivity (Wildman–Crippen MR) is 67.1 cm³/mol. The largest absolute Gasteiger partial charge is 0.375 e. The van der Waals surface area contributed by atoms with Gasteiger partial charge in [0.05, 0.1) is 11.5 Å². The van der Waals surface area contributed by atoms with Crippen molar-refractivity contribution in [3.8, 4) is 0 Å². The second kappa shape index (κ2) is 5.67. The first-order valence-electron chi connectivity index (χ1n) is 5.79. The number of halogens is 1. The average molecular weight is 257 g/mol. The molecule has 0 aromatic heterocycles. The Bertz CT molecular complexity index is 348. The molecule has 94 valence electrons. The maximum atomic E-state index is 12.2. The fraction of sp³-hybridized carbons (Fsp3) is 0.583. The molecule has 5 heteroatoms. The van der Waals surface area contributed by atoms with Crippen LogP contribution in [0.25, 0.3) is 0 Å². The molecule has 17 heavy (non-hydrogen) atoms. The number of alkyl halides is 1. The van der Waals surface area contributed by atoms with Gasteiger partial charge >= 0.3 is 0 Å². The number of amides is 1. The lowest BCUT2D eigenvalue weighted by Gasteiger charge is -2.29. The van der Waals surface area contributed by atoms with Crippen LogP contribution in [0.15, 0.2) is 23.8 Å². The van der Waals surface area contributed by atoms with Crippen LogP contribution in [-0.2, 0) is 9.53 Å². The lowest BCUT2D eigenvalue weighted by atomic mass is 10.0. The smallest absolute Gasteiger partial charge is 0.253 e. The van der Waals surface area contributed by atoms with Gasteiger partial charge in [0.25, 0.3) is 5.91 Å². The third kappa shape index (κ3) is 2.89. The summed E-state index contributed by atoms with van der Waals surface area (Å²) in [5.74, 6) is 0.0633. The van der Waals surface area contributed by atoms with Crippen LogP contribution in [0, 0.1) is 0 Å². The van der Waals surface area contributed by atoms with Crippen LogP contribution in [0.1, 0.15) is 0 Å². The number of carbonyl (C=O) groups is 1. The topological polar surface area (TPSA) is 41.6 Å². The Kier molecular flexibility index (Phi) is 4.20. The molecule has 0 aromatic carbocycles. The summed E-state index contributed by atoms with van der Waals surface area (Å²) in [5.41, 5.74) is 0.677. The maximum absolute atomic E-state index is 12.2. The Morgan fingerprint density at radius 3 is 2.88 bits per heavy atom. The van der Waals surface area contributed by atoms with Crippen LogP contribution in [0.2, 0.25) is 0 Å². The third-order valence-corrected chi connectivity index (χ3v) is 3.43. The Balaban J connectivity index is 2.06. The van der Waals surface area contributed by atoms with Crippen LogP contribution < -0.4 is 5.32 Å². The highest BCUT2D eigenvalue weighted by Crippen LogP contribution is 2.20. The number of ether oxygens (including phenoxy) is 1. The molecule has 1 N–H and O–H groups in total. The first kappa shape index (κ1) is 12.6. The van der Waals surface area contributed by atoms with Gasteiger partial charge in [0.15, 0.2) is 0 Å². The van der Waals surface area contributed by atoms with Gasteiger partial charge in [-0.2, -0.15) is 0 Å². The summed E-state index contributed by atoms with van der Waals surface area (Å²) in [6.07, 6.45) is 5.19. The van der Waals surface area contributed by atoms with Crippen molar-refractivity contribution in [3.63, 3.8) is 0 Å². The molecule has 0 radical (unpaired) electrons. The van der Waals surface area contributed by atoms with Crippen molar-refractivity contribution in [1.29, 1.82) is 0 Å². The predicted octanol–water partition coefficient (Wildman–Crippen LogP) is 0.537. The number of nitrogens with zero attached hydrogens (tertiary/aromatic N) is 1. The normalized spacial score (nSPS) is 29.1. The molecule has 0 saturated carbocycles. The maximum Gasteiger partial charge on any atom is 0.253 e. The Labute approximate surface area is 106 Å². The van der Waals surface area contributed by atoms with E-state index >= 15 is 0 Å². The van der Waals surface area contributed by atoms with Crippen LogP contribution in [0.5, 0.6) is 0 Å². The van der Waals surface area contributed by atoms with Crippen LogP contribution >= 0.6 is 11.6 Å². The van der Waals surface area contributed by atoms with E-state index in [-0.39, 0.29) is 17.4 Å². The molecule has 1 fully saturated rings.